The number of aromatic nitrogens is 2. The Bertz CT molecular complexity index is 1380. The van der Waals surface area contributed by atoms with E-state index < -0.39 is 6.04 Å². The summed E-state index contributed by atoms with van der Waals surface area (Å²) in [6, 6.07) is 24.5. The number of anilines is 1. The third-order valence-electron chi connectivity index (χ3n) is 5.96. The zero-order valence-corrected chi connectivity index (χ0v) is 19.9. The normalized spacial score (nSPS) is 15.8. The number of hydrogen-bond donors (Lipinski definition) is 1. The van der Waals surface area contributed by atoms with Crippen LogP contribution in [0.3, 0.4) is 0 Å². The van der Waals surface area contributed by atoms with Crippen LogP contribution in [-0.2, 0) is 0 Å². The lowest BCUT2D eigenvalue weighted by atomic mass is 9.94. The standard InChI is InChI=1S/C28H26N4O3/c1-4-34-23-15-13-21(14-16-23)26-30-27(35-31-26)24-19(3)32(22-12-8-9-18(2)17-22)28(33)29-25(24)20-10-6-5-7-11-20/h5-17,25H,4H2,1-3H3,(H,29,33). The van der Waals surface area contributed by atoms with Crippen LogP contribution < -0.4 is 15.0 Å². The minimum absolute atomic E-state index is 0.211. The zero-order chi connectivity index (χ0) is 24.4. The van der Waals surface area contributed by atoms with Gasteiger partial charge in [-0.25, -0.2) is 4.79 Å². The molecule has 0 fully saturated rings. The first-order valence-corrected chi connectivity index (χ1v) is 11.6. The molecule has 4 aromatic rings. The first-order valence-electron chi connectivity index (χ1n) is 11.6. The van der Waals surface area contributed by atoms with Gasteiger partial charge in [-0.1, -0.05) is 47.6 Å². The van der Waals surface area contributed by atoms with Crippen LogP contribution >= 0.6 is 0 Å². The van der Waals surface area contributed by atoms with Gasteiger partial charge in [0.25, 0.3) is 5.89 Å². The van der Waals surface area contributed by atoms with Crippen LogP contribution in [0, 0.1) is 6.92 Å². The van der Waals surface area contributed by atoms with E-state index in [4.69, 9.17) is 14.2 Å². The van der Waals surface area contributed by atoms with Crippen molar-refractivity contribution in [1.82, 2.24) is 15.5 Å². The molecule has 0 aliphatic carbocycles. The highest BCUT2D eigenvalue weighted by Gasteiger charge is 2.36. The maximum absolute atomic E-state index is 13.3. The van der Waals surface area contributed by atoms with Crippen molar-refractivity contribution in [2.24, 2.45) is 0 Å². The number of aryl methyl sites for hydroxylation is 1. The van der Waals surface area contributed by atoms with Crippen LogP contribution in [0.25, 0.3) is 17.0 Å². The molecule has 0 saturated heterocycles. The summed E-state index contributed by atoms with van der Waals surface area (Å²) < 4.78 is 11.3. The Labute approximate surface area is 204 Å². The maximum Gasteiger partial charge on any atom is 0.326 e. The smallest absolute Gasteiger partial charge is 0.326 e. The van der Waals surface area contributed by atoms with E-state index in [1.54, 1.807) is 4.90 Å². The van der Waals surface area contributed by atoms with Crippen LogP contribution in [0.4, 0.5) is 10.5 Å². The van der Waals surface area contributed by atoms with Crippen molar-refractivity contribution in [3.05, 3.63) is 102 Å². The van der Waals surface area contributed by atoms with Crippen molar-refractivity contribution >= 4 is 17.3 Å². The Hall–Kier alpha value is -4.39. The van der Waals surface area contributed by atoms with E-state index in [9.17, 15) is 4.79 Å². The fraction of sp³-hybridized carbons (Fsp3) is 0.179. The Balaban J connectivity index is 1.60. The summed E-state index contributed by atoms with van der Waals surface area (Å²) in [6.07, 6.45) is 0. The topological polar surface area (TPSA) is 80.5 Å². The van der Waals surface area contributed by atoms with Gasteiger partial charge in [0.15, 0.2) is 0 Å². The largest absolute Gasteiger partial charge is 0.494 e. The lowest BCUT2D eigenvalue weighted by Crippen LogP contribution is -2.46. The predicted octanol–water partition coefficient (Wildman–Crippen LogP) is 6.15. The quantitative estimate of drug-likeness (QED) is 0.369. The number of ether oxygens (including phenoxy) is 1. The van der Waals surface area contributed by atoms with Crippen molar-refractivity contribution in [1.29, 1.82) is 0 Å². The first kappa shape index (κ1) is 22.4. The molecule has 5 rings (SSSR count). The number of carbonyl (C=O) groups is 1. The molecule has 1 N–H and O–H groups in total. The summed E-state index contributed by atoms with van der Waals surface area (Å²) in [5.41, 5.74) is 5.06. The molecule has 176 valence electrons. The van der Waals surface area contributed by atoms with E-state index in [2.05, 4.69) is 10.5 Å². The number of benzene rings is 3. The van der Waals surface area contributed by atoms with Crippen LogP contribution in [-0.4, -0.2) is 22.8 Å². The van der Waals surface area contributed by atoms with Crippen molar-refractivity contribution in [3.63, 3.8) is 0 Å². The van der Waals surface area contributed by atoms with Crippen LogP contribution in [0.1, 0.15) is 36.9 Å². The highest BCUT2D eigenvalue weighted by Crippen LogP contribution is 2.39. The molecule has 0 bridgehead atoms. The molecule has 1 unspecified atom stereocenters. The second-order valence-corrected chi connectivity index (χ2v) is 8.35. The molecule has 3 aromatic carbocycles. The Kier molecular flexibility index (Phi) is 6.06. The maximum atomic E-state index is 13.3. The minimum atomic E-state index is -0.432. The Morgan fingerprint density at radius 1 is 1.00 bits per heavy atom. The number of urea groups is 1. The van der Waals surface area contributed by atoms with Gasteiger partial charge in [0.2, 0.25) is 5.82 Å². The fourth-order valence-corrected chi connectivity index (χ4v) is 4.31. The van der Waals surface area contributed by atoms with Crippen LogP contribution in [0.5, 0.6) is 5.75 Å². The van der Waals surface area contributed by atoms with Gasteiger partial charge in [-0.05, 0) is 68.3 Å². The number of nitrogens with zero attached hydrogens (tertiary/aromatic N) is 3. The summed E-state index contributed by atoms with van der Waals surface area (Å²) >= 11 is 0. The summed E-state index contributed by atoms with van der Waals surface area (Å²) in [4.78, 5) is 19.7. The molecule has 0 radical (unpaired) electrons. The van der Waals surface area contributed by atoms with E-state index in [1.807, 2.05) is 99.6 Å². The van der Waals surface area contributed by atoms with E-state index in [0.29, 0.717) is 18.3 Å². The fourth-order valence-electron chi connectivity index (χ4n) is 4.31. The molecule has 1 aliphatic rings. The monoisotopic (exact) mass is 466 g/mol. The van der Waals surface area contributed by atoms with Gasteiger partial charge < -0.3 is 14.6 Å². The molecular weight excluding hydrogens is 440 g/mol. The lowest BCUT2D eigenvalue weighted by molar-refractivity contribution is 0.244. The molecular formula is C28H26N4O3. The van der Waals surface area contributed by atoms with E-state index in [-0.39, 0.29) is 6.03 Å². The number of hydrogen-bond acceptors (Lipinski definition) is 5. The molecule has 2 amide bonds. The second kappa shape index (κ2) is 9.46. The molecule has 0 spiro atoms. The van der Waals surface area contributed by atoms with Gasteiger partial charge in [0.05, 0.1) is 23.9 Å². The zero-order valence-electron chi connectivity index (χ0n) is 19.9. The van der Waals surface area contributed by atoms with Crippen LogP contribution in [0.15, 0.2) is 89.1 Å². The summed E-state index contributed by atoms with van der Waals surface area (Å²) in [7, 11) is 0. The van der Waals surface area contributed by atoms with Gasteiger partial charge >= 0.3 is 6.03 Å². The summed E-state index contributed by atoms with van der Waals surface area (Å²) in [5.74, 6) is 1.61. The highest BCUT2D eigenvalue weighted by atomic mass is 16.5. The highest BCUT2D eigenvalue weighted by molar-refractivity contribution is 6.01. The van der Waals surface area contributed by atoms with E-state index in [0.717, 1.165) is 39.4 Å². The van der Waals surface area contributed by atoms with Crippen molar-refractivity contribution in [2.45, 2.75) is 26.8 Å². The third kappa shape index (κ3) is 4.40. The van der Waals surface area contributed by atoms with Crippen LogP contribution in [0.2, 0.25) is 0 Å². The summed E-state index contributed by atoms with van der Waals surface area (Å²) in [5, 5.41) is 7.37. The van der Waals surface area contributed by atoms with Gasteiger partial charge in [0.1, 0.15) is 5.75 Å². The van der Waals surface area contributed by atoms with E-state index in [1.165, 1.54) is 0 Å². The third-order valence-corrected chi connectivity index (χ3v) is 5.96. The minimum Gasteiger partial charge on any atom is -0.494 e. The SMILES string of the molecule is CCOc1ccc(-c2noc(C3=C(C)N(c4cccc(C)c4)C(=O)NC3c3ccccc3)n2)cc1. The second-order valence-electron chi connectivity index (χ2n) is 8.35. The van der Waals surface area contributed by atoms with Gasteiger partial charge in [-0.3, -0.25) is 4.90 Å². The molecule has 0 saturated carbocycles. The predicted molar refractivity (Wildman–Crippen MR) is 135 cm³/mol. The number of rotatable bonds is 6. The number of nitrogens with one attached hydrogen (secondary N) is 1. The van der Waals surface area contributed by atoms with E-state index >= 15 is 0 Å². The average Bonchev–Trinajstić information content (AvgIpc) is 3.35. The Morgan fingerprint density at radius 3 is 2.49 bits per heavy atom. The van der Waals surface area contributed by atoms with Crippen molar-refractivity contribution in [2.75, 3.05) is 11.5 Å². The van der Waals surface area contributed by atoms with Gasteiger partial charge in [0, 0.05) is 11.3 Å². The molecule has 1 aromatic heterocycles. The molecule has 7 nitrogen and oxygen atoms in total. The Morgan fingerprint density at radius 2 is 1.77 bits per heavy atom. The molecule has 2 heterocycles. The van der Waals surface area contributed by atoms with Gasteiger partial charge in [-0.15, -0.1) is 0 Å². The average molecular weight is 467 g/mol. The van der Waals surface area contributed by atoms with Gasteiger partial charge in [-0.2, -0.15) is 4.98 Å². The number of allylic oxidation sites excluding steroid dienone is 1. The number of carbonyl (C=O) groups excluding carboxylic acids is 1. The molecule has 7 heteroatoms. The molecule has 1 aliphatic heterocycles. The van der Waals surface area contributed by atoms with Crippen molar-refractivity contribution < 1.29 is 14.1 Å². The molecule has 35 heavy (non-hydrogen) atoms. The molecule has 1 atom stereocenters. The lowest BCUT2D eigenvalue weighted by Gasteiger charge is -2.35. The summed E-state index contributed by atoms with van der Waals surface area (Å²) in [6.45, 7) is 6.46. The first-order chi connectivity index (χ1) is 17.0. The number of amides is 2. The van der Waals surface area contributed by atoms with Crippen molar-refractivity contribution in [3.8, 4) is 17.1 Å².